The minimum atomic E-state index is -1.06. The minimum absolute atomic E-state index is 0.0154. The van der Waals surface area contributed by atoms with Crippen LogP contribution in [0.15, 0.2) is 42.6 Å². The highest BCUT2D eigenvalue weighted by Gasteiger charge is 2.10. The zero-order valence-electron chi connectivity index (χ0n) is 10.0. The maximum absolute atomic E-state index is 11.0. The third kappa shape index (κ3) is 3.53. The highest BCUT2D eigenvalue weighted by Crippen LogP contribution is 2.17. The molecule has 0 aliphatic rings. The Balaban J connectivity index is 2.00. The molecule has 0 radical (unpaired) electrons. The van der Waals surface area contributed by atoms with Gasteiger partial charge in [0.1, 0.15) is 0 Å². The van der Waals surface area contributed by atoms with Crippen molar-refractivity contribution in [2.24, 2.45) is 0 Å². The van der Waals surface area contributed by atoms with Gasteiger partial charge in [0.05, 0.1) is 13.2 Å². The number of carbonyl (C=O) groups is 1. The quantitative estimate of drug-likeness (QED) is 0.912. The molecule has 0 unspecified atom stereocenters. The lowest BCUT2D eigenvalue weighted by atomic mass is 10.2. The Morgan fingerprint density at radius 3 is 2.58 bits per heavy atom. The Morgan fingerprint density at radius 1 is 1.16 bits per heavy atom. The first-order valence-corrected chi connectivity index (χ1v) is 6.04. The second kappa shape index (κ2) is 6.31. The average Bonchev–Trinajstić information content (AvgIpc) is 2.41. The van der Waals surface area contributed by atoms with Crippen molar-refractivity contribution in [3.8, 4) is 0 Å². The van der Waals surface area contributed by atoms with Crippen molar-refractivity contribution in [3.05, 3.63) is 64.4 Å². The molecule has 2 rings (SSSR count). The lowest BCUT2D eigenvalue weighted by molar-refractivity contribution is 0.0676. The highest BCUT2D eigenvalue weighted by atomic mass is 35.5. The molecule has 1 N–H and O–H groups in total. The lowest BCUT2D eigenvalue weighted by Gasteiger charge is -2.07. The number of carboxylic acid groups (broad SMARTS) is 1. The van der Waals surface area contributed by atoms with Crippen molar-refractivity contribution in [2.75, 3.05) is 0 Å². The largest absolute Gasteiger partial charge is 0.477 e. The molecule has 0 atom stereocenters. The maximum Gasteiger partial charge on any atom is 0.354 e. The fourth-order valence-corrected chi connectivity index (χ4v) is 1.82. The van der Waals surface area contributed by atoms with Crippen LogP contribution in [0.5, 0.6) is 0 Å². The van der Waals surface area contributed by atoms with E-state index in [2.05, 4.69) is 4.98 Å². The summed E-state index contributed by atoms with van der Waals surface area (Å²) in [5.41, 5.74) is 1.42. The number of ether oxygens (including phenoxy) is 1. The molecule has 4 nitrogen and oxygen atoms in total. The van der Waals surface area contributed by atoms with Crippen LogP contribution < -0.4 is 0 Å². The third-order valence-corrected chi connectivity index (χ3v) is 2.94. The second-order valence-corrected chi connectivity index (χ2v) is 4.31. The van der Waals surface area contributed by atoms with E-state index >= 15 is 0 Å². The number of rotatable bonds is 5. The summed E-state index contributed by atoms with van der Waals surface area (Å²) in [4.78, 5) is 14.8. The van der Waals surface area contributed by atoms with Crippen molar-refractivity contribution >= 4 is 17.6 Å². The number of aromatic carboxylic acids is 1. The van der Waals surface area contributed by atoms with Crippen molar-refractivity contribution in [2.45, 2.75) is 13.2 Å². The fourth-order valence-electron chi connectivity index (χ4n) is 1.63. The number of carboxylic acids is 1. The Morgan fingerprint density at radius 2 is 1.84 bits per heavy atom. The first-order chi connectivity index (χ1) is 9.18. The molecule has 19 heavy (non-hydrogen) atoms. The Bertz CT molecular complexity index is 586. The molecule has 0 aliphatic carbocycles. The predicted octanol–water partition coefficient (Wildman–Crippen LogP) is 3.15. The monoisotopic (exact) mass is 277 g/mol. The van der Waals surface area contributed by atoms with Gasteiger partial charge in [-0.3, -0.25) is 0 Å². The molecule has 0 spiro atoms. The number of pyridine rings is 1. The van der Waals surface area contributed by atoms with Crippen molar-refractivity contribution in [1.82, 2.24) is 4.98 Å². The maximum atomic E-state index is 11.0. The Kier molecular flexibility index (Phi) is 4.49. The van der Waals surface area contributed by atoms with Crippen LogP contribution in [0.1, 0.15) is 21.6 Å². The SMILES string of the molecule is O=C(O)c1ncccc1COCc1ccccc1Cl. The highest BCUT2D eigenvalue weighted by molar-refractivity contribution is 6.31. The molecule has 1 aromatic carbocycles. The molecule has 98 valence electrons. The van der Waals surface area contributed by atoms with Gasteiger partial charge >= 0.3 is 5.97 Å². The summed E-state index contributed by atoms with van der Waals surface area (Å²) in [6.45, 7) is 0.508. The van der Waals surface area contributed by atoms with Crippen LogP contribution in [0, 0.1) is 0 Å². The lowest BCUT2D eigenvalue weighted by Crippen LogP contribution is -2.06. The summed E-state index contributed by atoms with van der Waals surface area (Å²) in [5, 5.41) is 9.62. The smallest absolute Gasteiger partial charge is 0.354 e. The molecule has 0 saturated heterocycles. The van der Waals surface area contributed by atoms with Crippen molar-refractivity contribution in [3.63, 3.8) is 0 Å². The predicted molar refractivity (Wildman–Crippen MR) is 71.1 cm³/mol. The van der Waals surface area contributed by atoms with Crippen LogP contribution in [0.2, 0.25) is 5.02 Å². The van der Waals surface area contributed by atoms with Gasteiger partial charge in [0, 0.05) is 16.8 Å². The van der Waals surface area contributed by atoms with E-state index in [0.29, 0.717) is 17.2 Å². The average molecular weight is 278 g/mol. The van der Waals surface area contributed by atoms with Gasteiger partial charge in [-0.05, 0) is 17.7 Å². The molecule has 2 aromatic rings. The van der Waals surface area contributed by atoms with Crippen molar-refractivity contribution in [1.29, 1.82) is 0 Å². The zero-order chi connectivity index (χ0) is 13.7. The zero-order valence-corrected chi connectivity index (χ0v) is 10.8. The van der Waals surface area contributed by atoms with E-state index in [9.17, 15) is 4.79 Å². The molecule has 0 amide bonds. The van der Waals surface area contributed by atoms with E-state index in [-0.39, 0.29) is 12.3 Å². The summed E-state index contributed by atoms with van der Waals surface area (Å²) in [6.07, 6.45) is 1.45. The van der Waals surface area contributed by atoms with E-state index < -0.39 is 5.97 Å². The fraction of sp³-hybridized carbons (Fsp3) is 0.143. The van der Waals surface area contributed by atoms with Crippen LogP contribution in [-0.2, 0) is 18.0 Å². The number of aromatic nitrogens is 1. The van der Waals surface area contributed by atoms with Crippen LogP contribution in [0.3, 0.4) is 0 Å². The van der Waals surface area contributed by atoms with Gasteiger partial charge in [-0.1, -0.05) is 35.9 Å². The summed E-state index contributed by atoms with van der Waals surface area (Å²) in [7, 11) is 0. The van der Waals surface area contributed by atoms with Gasteiger partial charge in [-0.25, -0.2) is 9.78 Å². The summed E-state index contributed by atoms with van der Waals surface area (Å²) in [5.74, 6) is -1.06. The Hall–Kier alpha value is -1.91. The summed E-state index contributed by atoms with van der Waals surface area (Å²) >= 11 is 6.00. The second-order valence-electron chi connectivity index (χ2n) is 3.90. The van der Waals surface area contributed by atoms with E-state index in [1.165, 1.54) is 6.20 Å². The molecule has 0 aliphatic heterocycles. The van der Waals surface area contributed by atoms with Crippen LogP contribution >= 0.6 is 11.6 Å². The van der Waals surface area contributed by atoms with Gasteiger partial charge in [0.25, 0.3) is 0 Å². The number of hydrogen-bond acceptors (Lipinski definition) is 3. The van der Waals surface area contributed by atoms with E-state index in [1.54, 1.807) is 18.2 Å². The summed E-state index contributed by atoms with van der Waals surface area (Å²) in [6, 6.07) is 10.7. The number of benzene rings is 1. The first-order valence-electron chi connectivity index (χ1n) is 5.67. The molecule has 1 aromatic heterocycles. The number of halogens is 1. The molecule has 0 bridgehead atoms. The summed E-state index contributed by atoms with van der Waals surface area (Å²) < 4.78 is 5.49. The molecule has 5 heteroatoms. The van der Waals surface area contributed by atoms with Crippen LogP contribution in [0.4, 0.5) is 0 Å². The van der Waals surface area contributed by atoms with Crippen LogP contribution in [-0.4, -0.2) is 16.1 Å². The van der Waals surface area contributed by atoms with Gasteiger partial charge in [-0.15, -0.1) is 0 Å². The van der Waals surface area contributed by atoms with E-state index in [0.717, 1.165) is 5.56 Å². The topological polar surface area (TPSA) is 59.4 Å². The van der Waals surface area contributed by atoms with E-state index in [4.69, 9.17) is 21.4 Å². The van der Waals surface area contributed by atoms with Gasteiger partial charge in [-0.2, -0.15) is 0 Å². The normalized spacial score (nSPS) is 10.4. The molecule has 0 saturated carbocycles. The van der Waals surface area contributed by atoms with Gasteiger partial charge < -0.3 is 9.84 Å². The molecular formula is C14H12ClNO3. The Labute approximate surface area is 115 Å². The van der Waals surface area contributed by atoms with E-state index in [1.807, 2.05) is 18.2 Å². The third-order valence-electron chi connectivity index (χ3n) is 2.57. The molecular weight excluding hydrogens is 266 g/mol. The number of nitrogens with zero attached hydrogens (tertiary/aromatic N) is 1. The first kappa shape index (κ1) is 13.5. The minimum Gasteiger partial charge on any atom is -0.477 e. The standard InChI is InChI=1S/C14H12ClNO3/c15-12-6-2-1-4-10(12)8-19-9-11-5-3-7-16-13(11)14(17)18/h1-7H,8-9H2,(H,17,18). The van der Waals surface area contributed by atoms with Gasteiger partial charge in [0.15, 0.2) is 5.69 Å². The number of hydrogen-bond donors (Lipinski definition) is 1. The van der Waals surface area contributed by atoms with Gasteiger partial charge in [0.2, 0.25) is 0 Å². The molecule has 1 heterocycles. The molecule has 0 fully saturated rings. The van der Waals surface area contributed by atoms with Crippen LogP contribution in [0.25, 0.3) is 0 Å². The van der Waals surface area contributed by atoms with Crippen molar-refractivity contribution < 1.29 is 14.6 Å².